The third-order valence-corrected chi connectivity index (χ3v) is 5.91. The number of rotatable bonds is 8. The van der Waals surface area contributed by atoms with Crippen molar-refractivity contribution < 1.29 is 14.6 Å². The molecular weight excluding hydrogens is 495 g/mol. The molecule has 3 nitrogen and oxygen atoms in total. The number of aryl methyl sites for hydroxylation is 1. The molecule has 0 atom stereocenters. The molecule has 0 aliphatic heterocycles. The molecule has 1 N–H and O–H groups in total. The Morgan fingerprint density at radius 2 is 1.72 bits per heavy atom. The molecule has 0 saturated heterocycles. The minimum atomic E-state index is -0.975. The summed E-state index contributed by atoms with van der Waals surface area (Å²) in [5.41, 5.74) is 4.54. The van der Waals surface area contributed by atoms with Crippen molar-refractivity contribution in [2.24, 2.45) is 0 Å². The maximum absolute atomic E-state index is 10.7. The number of hydrogen-bond acceptors (Lipinski definition) is 3. The Kier molecular flexibility index (Phi) is 7.77. The van der Waals surface area contributed by atoms with E-state index in [1.54, 1.807) is 11.8 Å². The maximum Gasteiger partial charge on any atom is 0.341 e. The van der Waals surface area contributed by atoms with Gasteiger partial charge in [-0.05, 0) is 82.1 Å². The Hall–Kier alpha value is -2.25. The van der Waals surface area contributed by atoms with Crippen LogP contribution in [0.25, 0.3) is 5.57 Å². The third-order valence-electron chi connectivity index (χ3n) is 4.28. The number of benzene rings is 3. The van der Waals surface area contributed by atoms with Crippen molar-refractivity contribution >= 4 is 45.9 Å². The standard InChI is InChI=1S/C24H21IO3S/c1-17-15-21(11-12-23(17)28-16-24(26)27)29-14-13-22(18-5-3-2-4-6-18)19-7-9-20(25)10-8-19/h2-13,15H,14,16H2,1H3,(H,26,27)/b22-13+. The van der Waals surface area contributed by atoms with Gasteiger partial charge < -0.3 is 9.84 Å². The van der Waals surface area contributed by atoms with Crippen LogP contribution < -0.4 is 4.74 Å². The molecule has 0 radical (unpaired) electrons. The maximum atomic E-state index is 10.7. The van der Waals surface area contributed by atoms with Crippen LogP contribution in [0.1, 0.15) is 16.7 Å². The highest BCUT2D eigenvalue weighted by molar-refractivity contribution is 14.1. The van der Waals surface area contributed by atoms with Gasteiger partial charge in [0.1, 0.15) is 5.75 Å². The van der Waals surface area contributed by atoms with Gasteiger partial charge in [0.2, 0.25) is 0 Å². The Bertz CT molecular complexity index is 998. The molecule has 3 rings (SSSR count). The highest BCUT2D eigenvalue weighted by Gasteiger charge is 2.07. The smallest absolute Gasteiger partial charge is 0.341 e. The zero-order valence-electron chi connectivity index (χ0n) is 16.0. The quantitative estimate of drug-likeness (QED) is 0.283. The average Bonchev–Trinajstić information content (AvgIpc) is 2.72. The lowest BCUT2D eigenvalue weighted by Gasteiger charge is -2.10. The van der Waals surface area contributed by atoms with Gasteiger partial charge in [0.05, 0.1) is 0 Å². The van der Waals surface area contributed by atoms with Crippen LogP contribution in [0.2, 0.25) is 0 Å². The van der Waals surface area contributed by atoms with Crippen molar-refractivity contribution in [2.75, 3.05) is 12.4 Å². The van der Waals surface area contributed by atoms with Crippen molar-refractivity contribution in [1.82, 2.24) is 0 Å². The molecule has 5 heteroatoms. The van der Waals surface area contributed by atoms with Gasteiger partial charge in [0, 0.05) is 14.2 Å². The summed E-state index contributed by atoms with van der Waals surface area (Å²) >= 11 is 4.06. The molecule has 0 amide bonds. The van der Waals surface area contributed by atoms with E-state index in [1.807, 2.05) is 31.2 Å². The molecule has 3 aromatic rings. The third kappa shape index (κ3) is 6.37. The van der Waals surface area contributed by atoms with E-state index >= 15 is 0 Å². The fourth-order valence-corrected chi connectivity index (χ4v) is 4.11. The second kappa shape index (κ2) is 10.5. The number of halogens is 1. The van der Waals surface area contributed by atoms with Gasteiger partial charge in [0.15, 0.2) is 6.61 Å². The normalized spacial score (nSPS) is 11.3. The van der Waals surface area contributed by atoms with E-state index in [1.165, 1.54) is 20.3 Å². The molecule has 0 bridgehead atoms. The van der Waals surface area contributed by atoms with Crippen LogP contribution in [0.3, 0.4) is 0 Å². The van der Waals surface area contributed by atoms with Crippen LogP contribution in [0.5, 0.6) is 5.75 Å². The number of carbonyl (C=O) groups is 1. The summed E-state index contributed by atoms with van der Waals surface area (Å²) in [5.74, 6) is 0.457. The summed E-state index contributed by atoms with van der Waals surface area (Å²) in [6.07, 6.45) is 2.26. The summed E-state index contributed by atoms with van der Waals surface area (Å²) in [6, 6.07) is 24.8. The molecule has 0 aromatic heterocycles. The Morgan fingerprint density at radius 3 is 2.38 bits per heavy atom. The van der Waals surface area contributed by atoms with Gasteiger partial charge >= 0.3 is 5.97 Å². The SMILES string of the molecule is Cc1cc(SC/C=C(\c2ccccc2)c2ccc(I)cc2)ccc1OCC(=O)O. The minimum Gasteiger partial charge on any atom is -0.482 e. The van der Waals surface area contributed by atoms with E-state index in [0.29, 0.717) is 5.75 Å². The minimum absolute atomic E-state index is 0.327. The Morgan fingerprint density at radius 1 is 1.03 bits per heavy atom. The van der Waals surface area contributed by atoms with Crippen molar-refractivity contribution in [2.45, 2.75) is 11.8 Å². The van der Waals surface area contributed by atoms with E-state index in [4.69, 9.17) is 9.84 Å². The lowest BCUT2D eigenvalue weighted by Crippen LogP contribution is -2.09. The topological polar surface area (TPSA) is 46.5 Å². The molecule has 0 saturated carbocycles. The van der Waals surface area contributed by atoms with Crippen molar-refractivity contribution in [3.05, 3.63) is 99.1 Å². The summed E-state index contributed by atoms with van der Waals surface area (Å²) in [5, 5.41) is 8.76. The molecule has 0 aliphatic rings. The second-order valence-electron chi connectivity index (χ2n) is 6.41. The molecule has 3 aromatic carbocycles. The van der Waals surface area contributed by atoms with Gasteiger partial charge in [-0.1, -0.05) is 48.5 Å². The number of aliphatic carboxylic acids is 1. The van der Waals surface area contributed by atoms with Crippen LogP contribution in [0.15, 0.2) is 83.8 Å². The second-order valence-corrected chi connectivity index (χ2v) is 8.75. The fraction of sp³-hybridized carbons (Fsp3) is 0.125. The number of thioether (sulfide) groups is 1. The van der Waals surface area contributed by atoms with Crippen molar-refractivity contribution in [1.29, 1.82) is 0 Å². The zero-order chi connectivity index (χ0) is 20.6. The van der Waals surface area contributed by atoms with Gasteiger partial charge in [-0.2, -0.15) is 0 Å². The van der Waals surface area contributed by atoms with E-state index in [9.17, 15) is 4.79 Å². The Balaban J connectivity index is 1.75. The predicted molar refractivity (Wildman–Crippen MR) is 128 cm³/mol. The average molecular weight is 516 g/mol. The number of ether oxygens (including phenoxy) is 1. The van der Waals surface area contributed by atoms with Crippen LogP contribution >= 0.6 is 34.4 Å². The summed E-state index contributed by atoms with van der Waals surface area (Å²) in [4.78, 5) is 11.8. The monoisotopic (exact) mass is 516 g/mol. The van der Waals surface area contributed by atoms with Crippen LogP contribution in [-0.4, -0.2) is 23.4 Å². The zero-order valence-corrected chi connectivity index (χ0v) is 18.9. The molecule has 29 heavy (non-hydrogen) atoms. The molecule has 0 aliphatic carbocycles. The van der Waals surface area contributed by atoms with E-state index in [0.717, 1.165) is 16.2 Å². The summed E-state index contributed by atoms with van der Waals surface area (Å²) in [6.45, 7) is 1.60. The lowest BCUT2D eigenvalue weighted by molar-refractivity contribution is -0.139. The highest BCUT2D eigenvalue weighted by atomic mass is 127. The molecule has 0 fully saturated rings. The predicted octanol–water partition coefficient (Wildman–Crippen LogP) is 6.29. The largest absolute Gasteiger partial charge is 0.482 e. The van der Waals surface area contributed by atoms with Gasteiger partial charge in [-0.3, -0.25) is 0 Å². The van der Waals surface area contributed by atoms with Gasteiger partial charge in [0.25, 0.3) is 0 Å². The summed E-state index contributed by atoms with van der Waals surface area (Å²) < 4.78 is 6.52. The van der Waals surface area contributed by atoms with Crippen LogP contribution in [-0.2, 0) is 4.79 Å². The first-order valence-electron chi connectivity index (χ1n) is 9.12. The van der Waals surface area contributed by atoms with Crippen molar-refractivity contribution in [3.8, 4) is 5.75 Å². The molecule has 0 unspecified atom stereocenters. The number of carboxylic acids is 1. The van der Waals surface area contributed by atoms with Crippen LogP contribution in [0, 0.1) is 10.5 Å². The van der Waals surface area contributed by atoms with E-state index in [-0.39, 0.29) is 6.61 Å². The molecule has 148 valence electrons. The van der Waals surface area contributed by atoms with Gasteiger partial charge in [-0.25, -0.2) is 4.79 Å². The number of carboxylic acid groups (broad SMARTS) is 1. The first-order valence-corrected chi connectivity index (χ1v) is 11.2. The Labute approximate surface area is 188 Å². The van der Waals surface area contributed by atoms with Crippen molar-refractivity contribution in [3.63, 3.8) is 0 Å². The molecule has 0 spiro atoms. The van der Waals surface area contributed by atoms with E-state index in [2.05, 4.69) is 77.2 Å². The first-order chi connectivity index (χ1) is 14.0. The van der Waals surface area contributed by atoms with Gasteiger partial charge in [-0.15, -0.1) is 11.8 Å². The van der Waals surface area contributed by atoms with E-state index < -0.39 is 5.97 Å². The molecular formula is C24H21IO3S. The summed E-state index contributed by atoms with van der Waals surface area (Å²) in [7, 11) is 0. The number of hydrogen-bond donors (Lipinski definition) is 1. The van der Waals surface area contributed by atoms with Crippen LogP contribution in [0.4, 0.5) is 0 Å². The lowest BCUT2D eigenvalue weighted by atomic mass is 9.98. The molecule has 0 heterocycles. The highest BCUT2D eigenvalue weighted by Crippen LogP contribution is 2.29. The first kappa shape index (κ1) is 21.5. The fourth-order valence-electron chi connectivity index (χ4n) is 2.88.